The first-order valence-corrected chi connectivity index (χ1v) is 6.94. The second kappa shape index (κ2) is 6.59. The molecule has 0 aliphatic carbocycles. The highest BCUT2D eigenvalue weighted by Crippen LogP contribution is 2.22. The summed E-state index contributed by atoms with van der Waals surface area (Å²) in [5.41, 5.74) is 7.85. The van der Waals surface area contributed by atoms with Crippen molar-refractivity contribution in [2.45, 2.75) is 19.3 Å². The van der Waals surface area contributed by atoms with E-state index in [2.05, 4.69) is 5.32 Å². The van der Waals surface area contributed by atoms with Gasteiger partial charge < -0.3 is 11.1 Å². The molecule has 2 aromatic rings. The van der Waals surface area contributed by atoms with Gasteiger partial charge in [0, 0.05) is 17.8 Å². The quantitative estimate of drug-likeness (QED) is 0.832. The van der Waals surface area contributed by atoms with Crippen LogP contribution >= 0.6 is 11.6 Å². The van der Waals surface area contributed by atoms with E-state index in [1.54, 1.807) is 0 Å². The predicted molar refractivity (Wildman–Crippen MR) is 83.9 cm³/mol. The summed E-state index contributed by atoms with van der Waals surface area (Å²) in [7, 11) is 0. The van der Waals surface area contributed by atoms with Crippen molar-refractivity contribution in [1.82, 2.24) is 0 Å². The van der Waals surface area contributed by atoms with Crippen molar-refractivity contribution in [3.63, 3.8) is 0 Å². The van der Waals surface area contributed by atoms with E-state index in [4.69, 9.17) is 17.3 Å². The molecule has 3 N–H and O–H groups in total. The van der Waals surface area contributed by atoms with E-state index in [-0.39, 0.29) is 16.8 Å². The number of nitrogen functional groups attached to an aromatic ring is 1. The van der Waals surface area contributed by atoms with Gasteiger partial charge in [0.15, 0.2) is 0 Å². The van der Waals surface area contributed by atoms with E-state index in [1.807, 2.05) is 31.2 Å². The topological polar surface area (TPSA) is 55.1 Å². The molecule has 0 fully saturated rings. The number of rotatable bonds is 4. The van der Waals surface area contributed by atoms with Crippen LogP contribution in [0.1, 0.15) is 24.8 Å². The molecule has 1 amide bonds. The van der Waals surface area contributed by atoms with Crippen molar-refractivity contribution in [3.8, 4) is 0 Å². The summed E-state index contributed by atoms with van der Waals surface area (Å²) >= 11 is 5.68. The number of hydrogen-bond donors (Lipinski definition) is 2. The third-order valence-electron chi connectivity index (χ3n) is 3.20. The van der Waals surface area contributed by atoms with Gasteiger partial charge in [0.25, 0.3) is 0 Å². The van der Waals surface area contributed by atoms with Gasteiger partial charge in [-0.05, 0) is 41.8 Å². The van der Waals surface area contributed by atoms with E-state index in [1.165, 1.54) is 18.2 Å². The van der Waals surface area contributed by atoms with E-state index >= 15 is 0 Å². The van der Waals surface area contributed by atoms with Crippen LogP contribution in [0.4, 0.5) is 15.8 Å². The van der Waals surface area contributed by atoms with E-state index in [0.717, 1.165) is 5.56 Å². The Bertz CT molecular complexity index is 643. The highest BCUT2D eigenvalue weighted by Gasteiger charge is 2.12. The second-order valence-corrected chi connectivity index (χ2v) is 5.36. The SMILES string of the molecule is CC(CC(=O)Nc1ccc(F)c(Cl)c1)c1ccc(N)cc1. The summed E-state index contributed by atoms with van der Waals surface area (Å²) in [6.45, 7) is 1.96. The number of carbonyl (C=O) groups excluding carboxylic acids is 1. The van der Waals surface area contributed by atoms with Gasteiger partial charge in [0.05, 0.1) is 5.02 Å². The Morgan fingerprint density at radius 3 is 2.57 bits per heavy atom. The summed E-state index contributed by atoms with van der Waals surface area (Å²) in [6, 6.07) is 11.5. The standard InChI is InChI=1S/C16H16ClFN2O/c1-10(11-2-4-12(19)5-3-11)8-16(21)20-13-6-7-15(18)14(17)9-13/h2-7,9-10H,8,19H2,1H3,(H,20,21). The molecule has 110 valence electrons. The van der Waals surface area contributed by atoms with Crippen molar-refractivity contribution in [2.24, 2.45) is 0 Å². The molecule has 0 aliphatic heterocycles. The Kier molecular flexibility index (Phi) is 4.81. The molecule has 0 aromatic heterocycles. The lowest BCUT2D eigenvalue weighted by molar-refractivity contribution is -0.116. The largest absolute Gasteiger partial charge is 0.399 e. The summed E-state index contributed by atoms with van der Waals surface area (Å²) in [6.07, 6.45) is 0.318. The molecule has 2 aromatic carbocycles. The number of carbonyl (C=O) groups is 1. The number of hydrogen-bond acceptors (Lipinski definition) is 2. The van der Waals surface area contributed by atoms with Gasteiger partial charge in [-0.25, -0.2) is 4.39 Å². The Morgan fingerprint density at radius 2 is 1.95 bits per heavy atom. The summed E-state index contributed by atoms with van der Waals surface area (Å²) in [4.78, 5) is 12.0. The van der Waals surface area contributed by atoms with E-state index < -0.39 is 5.82 Å². The summed E-state index contributed by atoms with van der Waals surface area (Å²) in [5, 5.41) is 2.69. The van der Waals surface area contributed by atoms with Crippen molar-refractivity contribution in [2.75, 3.05) is 11.1 Å². The van der Waals surface area contributed by atoms with Gasteiger partial charge in [-0.2, -0.15) is 0 Å². The van der Waals surface area contributed by atoms with Crippen molar-refractivity contribution >= 4 is 28.9 Å². The smallest absolute Gasteiger partial charge is 0.224 e. The van der Waals surface area contributed by atoms with E-state index in [0.29, 0.717) is 17.8 Å². The zero-order valence-corrected chi connectivity index (χ0v) is 12.3. The van der Waals surface area contributed by atoms with Crippen molar-refractivity contribution < 1.29 is 9.18 Å². The van der Waals surface area contributed by atoms with Gasteiger partial charge >= 0.3 is 0 Å². The minimum atomic E-state index is -0.509. The van der Waals surface area contributed by atoms with Crippen LogP contribution in [0.15, 0.2) is 42.5 Å². The first-order chi connectivity index (χ1) is 9.95. The maximum absolute atomic E-state index is 13.0. The van der Waals surface area contributed by atoms with Crippen LogP contribution in [0, 0.1) is 5.82 Å². The molecule has 0 radical (unpaired) electrons. The lowest BCUT2D eigenvalue weighted by atomic mass is 9.97. The lowest BCUT2D eigenvalue weighted by Gasteiger charge is -2.12. The summed E-state index contributed by atoms with van der Waals surface area (Å²) < 4.78 is 13.0. The van der Waals surface area contributed by atoms with Crippen LogP contribution in [0.25, 0.3) is 0 Å². The zero-order chi connectivity index (χ0) is 15.4. The molecule has 0 heterocycles. The van der Waals surface area contributed by atoms with Gasteiger partial charge in [-0.1, -0.05) is 30.7 Å². The minimum absolute atomic E-state index is 0.0145. The van der Waals surface area contributed by atoms with Crippen molar-refractivity contribution in [3.05, 3.63) is 58.9 Å². The molecule has 1 atom stereocenters. The molecular formula is C16H16ClFN2O. The predicted octanol–water partition coefficient (Wildman–Crippen LogP) is 4.19. The average molecular weight is 307 g/mol. The fourth-order valence-corrected chi connectivity index (χ4v) is 2.19. The summed E-state index contributed by atoms with van der Waals surface area (Å²) in [5.74, 6) is -0.603. The maximum atomic E-state index is 13.0. The van der Waals surface area contributed by atoms with Gasteiger partial charge in [-0.15, -0.1) is 0 Å². The Morgan fingerprint density at radius 1 is 1.29 bits per heavy atom. The Labute approximate surface area is 127 Å². The van der Waals surface area contributed by atoms with E-state index in [9.17, 15) is 9.18 Å². The molecule has 0 saturated carbocycles. The van der Waals surface area contributed by atoms with Crippen LogP contribution in [0.5, 0.6) is 0 Å². The molecule has 5 heteroatoms. The number of benzene rings is 2. The molecule has 0 spiro atoms. The van der Waals surface area contributed by atoms with Gasteiger partial charge in [0.1, 0.15) is 5.82 Å². The fourth-order valence-electron chi connectivity index (χ4n) is 2.01. The molecule has 0 saturated heterocycles. The number of amides is 1. The molecule has 0 bridgehead atoms. The highest BCUT2D eigenvalue weighted by molar-refractivity contribution is 6.31. The van der Waals surface area contributed by atoms with Gasteiger partial charge in [-0.3, -0.25) is 4.79 Å². The van der Waals surface area contributed by atoms with Crippen LogP contribution in [-0.4, -0.2) is 5.91 Å². The van der Waals surface area contributed by atoms with Crippen molar-refractivity contribution in [1.29, 1.82) is 0 Å². The Hall–Kier alpha value is -2.07. The second-order valence-electron chi connectivity index (χ2n) is 4.95. The van der Waals surface area contributed by atoms with Gasteiger partial charge in [0.2, 0.25) is 5.91 Å². The number of halogens is 2. The molecule has 0 aliphatic rings. The maximum Gasteiger partial charge on any atom is 0.224 e. The monoisotopic (exact) mass is 306 g/mol. The molecule has 1 unspecified atom stereocenters. The minimum Gasteiger partial charge on any atom is -0.399 e. The first kappa shape index (κ1) is 15.3. The number of nitrogens with one attached hydrogen (secondary N) is 1. The molecule has 21 heavy (non-hydrogen) atoms. The molecular weight excluding hydrogens is 291 g/mol. The Balaban J connectivity index is 1.97. The normalized spacial score (nSPS) is 12.0. The third kappa shape index (κ3) is 4.20. The number of nitrogens with two attached hydrogens (primary N) is 1. The molecule has 3 nitrogen and oxygen atoms in total. The zero-order valence-electron chi connectivity index (χ0n) is 11.6. The molecule has 2 rings (SSSR count). The van der Waals surface area contributed by atoms with Crippen LogP contribution in [0.2, 0.25) is 5.02 Å². The number of anilines is 2. The third-order valence-corrected chi connectivity index (χ3v) is 3.49. The highest BCUT2D eigenvalue weighted by atomic mass is 35.5. The van der Waals surface area contributed by atoms with Crippen LogP contribution < -0.4 is 11.1 Å². The average Bonchev–Trinajstić information content (AvgIpc) is 2.43. The first-order valence-electron chi connectivity index (χ1n) is 6.56. The fraction of sp³-hybridized carbons (Fsp3) is 0.188. The van der Waals surface area contributed by atoms with Crippen LogP contribution in [-0.2, 0) is 4.79 Å². The van der Waals surface area contributed by atoms with Crippen LogP contribution in [0.3, 0.4) is 0 Å². The lowest BCUT2D eigenvalue weighted by Crippen LogP contribution is -2.14.